The quantitative estimate of drug-likeness (QED) is 0.867. The zero-order valence-electron chi connectivity index (χ0n) is 10.7. The van der Waals surface area contributed by atoms with Crippen molar-refractivity contribution in [3.8, 4) is 6.07 Å². The molecule has 0 unspecified atom stereocenters. The Morgan fingerprint density at radius 1 is 1.42 bits per heavy atom. The van der Waals surface area contributed by atoms with Crippen LogP contribution in [0, 0.1) is 11.3 Å². The predicted octanol–water partition coefficient (Wildman–Crippen LogP) is 1.09. The second-order valence-corrected chi connectivity index (χ2v) is 4.18. The lowest BCUT2D eigenvalue weighted by molar-refractivity contribution is 0.0948. The van der Waals surface area contributed by atoms with Gasteiger partial charge in [0.1, 0.15) is 17.5 Å². The zero-order chi connectivity index (χ0) is 14.0. The van der Waals surface area contributed by atoms with Crippen LogP contribution in [0.25, 0.3) is 0 Å². The van der Waals surface area contributed by atoms with Crippen molar-refractivity contribution in [1.29, 1.82) is 5.26 Å². The van der Waals surface area contributed by atoms with Crippen LogP contribution in [0.1, 0.15) is 15.9 Å². The summed E-state index contributed by atoms with van der Waals surface area (Å²) in [5.74, 6) is -0.302. The molecule has 0 saturated heterocycles. The van der Waals surface area contributed by atoms with Crippen LogP contribution in [-0.2, 0) is 0 Å². The third kappa shape index (κ3) is 2.13. The maximum Gasteiger partial charge on any atom is 0.282 e. The van der Waals surface area contributed by atoms with Crippen LogP contribution in [-0.4, -0.2) is 29.8 Å². The SMILES string of the molecule is CN(C)c1ccccc1C(=O)n1ncc(C#N)c1N. The first-order valence-electron chi connectivity index (χ1n) is 5.61. The molecule has 0 aliphatic rings. The van der Waals surface area contributed by atoms with Gasteiger partial charge in [-0.25, -0.2) is 0 Å². The molecule has 0 radical (unpaired) electrons. The van der Waals surface area contributed by atoms with E-state index < -0.39 is 0 Å². The van der Waals surface area contributed by atoms with E-state index in [1.54, 1.807) is 12.1 Å². The topological polar surface area (TPSA) is 87.9 Å². The molecule has 0 fully saturated rings. The Balaban J connectivity index is 2.51. The highest BCUT2D eigenvalue weighted by Gasteiger charge is 2.18. The number of hydrogen-bond donors (Lipinski definition) is 1. The number of para-hydroxylation sites is 1. The summed E-state index contributed by atoms with van der Waals surface area (Å²) in [6.07, 6.45) is 1.28. The number of hydrogen-bond acceptors (Lipinski definition) is 5. The fourth-order valence-electron chi connectivity index (χ4n) is 1.76. The normalized spacial score (nSPS) is 9.95. The van der Waals surface area contributed by atoms with Gasteiger partial charge in [0.15, 0.2) is 0 Å². The molecule has 0 atom stereocenters. The monoisotopic (exact) mass is 255 g/mol. The minimum absolute atomic E-state index is 0.0565. The second kappa shape index (κ2) is 4.82. The van der Waals surface area contributed by atoms with E-state index in [0.717, 1.165) is 10.4 Å². The molecular weight excluding hydrogens is 242 g/mol. The van der Waals surface area contributed by atoms with E-state index in [2.05, 4.69) is 5.10 Å². The molecule has 2 aromatic rings. The van der Waals surface area contributed by atoms with E-state index in [-0.39, 0.29) is 17.3 Å². The number of anilines is 2. The van der Waals surface area contributed by atoms with Gasteiger partial charge in [0.05, 0.1) is 11.8 Å². The molecule has 2 rings (SSSR count). The van der Waals surface area contributed by atoms with Gasteiger partial charge in [0.25, 0.3) is 5.91 Å². The van der Waals surface area contributed by atoms with E-state index in [1.165, 1.54) is 6.20 Å². The summed E-state index contributed by atoms with van der Waals surface area (Å²) in [7, 11) is 3.69. The molecule has 1 heterocycles. The summed E-state index contributed by atoms with van der Waals surface area (Å²) in [5, 5.41) is 12.7. The van der Waals surface area contributed by atoms with E-state index in [4.69, 9.17) is 11.0 Å². The van der Waals surface area contributed by atoms with Crippen LogP contribution in [0.5, 0.6) is 0 Å². The number of carbonyl (C=O) groups excluding carboxylic acids is 1. The Bertz CT molecular complexity index is 666. The molecule has 1 aromatic heterocycles. The molecule has 0 amide bonds. The Labute approximate surface area is 110 Å². The second-order valence-electron chi connectivity index (χ2n) is 4.18. The van der Waals surface area contributed by atoms with Gasteiger partial charge in [-0.2, -0.15) is 15.0 Å². The highest BCUT2D eigenvalue weighted by molar-refractivity contribution is 6.02. The lowest BCUT2D eigenvalue weighted by atomic mass is 10.1. The van der Waals surface area contributed by atoms with Gasteiger partial charge in [-0.3, -0.25) is 4.79 Å². The van der Waals surface area contributed by atoms with Crippen molar-refractivity contribution in [2.24, 2.45) is 0 Å². The number of nitrogen functional groups attached to an aromatic ring is 1. The van der Waals surface area contributed by atoms with Crippen LogP contribution >= 0.6 is 0 Å². The molecule has 0 saturated carbocycles. The zero-order valence-corrected chi connectivity index (χ0v) is 10.7. The van der Waals surface area contributed by atoms with Crippen molar-refractivity contribution in [2.45, 2.75) is 0 Å². The molecule has 0 bridgehead atoms. The van der Waals surface area contributed by atoms with Crippen molar-refractivity contribution in [3.05, 3.63) is 41.6 Å². The summed E-state index contributed by atoms with van der Waals surface area (Å²) in [5.41, 5.74) is 7.16. The first kappa shape index (κ1) is 12.6. The van der Waals surface area contributed by atoms with Crippen molar-refractivity contribution in [1.82, 2.24) is 9.78 Å². The maximum atomic E-state index is 12.4. The smallest absolute Gasteiger partial charge is 0.282 e. The predicted molar refractivity (Wildman–Crippen MR) is 71.9 cm³/mol. The highest BCUT2D eigenvalue weighted by Crippen LogP contribution is 2.20. The Morgan fingerprint density at radius 3 is 2.68 bits per heavy atom. The fraction of sp³-hybridized carbons (Fsp3) is 0.154. The summed E-state index contributed by atoms with van der Waals surface area (Å²) in [4.78, 5) is 14.2. The number of nitriles is 1. The number of nitrogens with two attached hydrogens (primary N) is 1. The van der Waals surface area contributed by atoms with Crippen molar-refractivity contribution in [3.63, 3.8) is 0 Å². The number of nitrogens with zero attached hydrogens (tertiary/aromatic N) is 4. The number of carbonyl (C=O) groups is 1. The lowest BCUT2D eigenvalue weighted by Crippen LogP contribution is -2.20. The van der Waals surface area contributed by atoms with Crippen LogP contribution in [0.2, 0.25) is 0 Å². The van der Waals surface area contributed by atoms with Crippen molar-refractivity contribution < 1.29 is 4.79 Å². The molecule has 6 nitrogen and oxygen atoms in total. The maximum absolute atomic E-state index is 12.4. The molecule has 1 aromatic carbocycles. The summed E-state index contributed by atoms with van der Waals surface area (Å²) in [6, 6.07) is 9.03. The van der Waals surface area contributed by atoms with Gasteiger partial charge in [-0.15, -0.1) is 0 Å². The van der Waals surface area contributed by atoms with Gasteiger partial charge in [-0.1, -0.05) is 12.1 Å². The van der Waals surface area contributed by atoms with E-state index >= 15 is 0 Å². The third-order valence-corrected chi connectivity index (χ3v) is 2.74. The van der Waals surface area contributed by atoms with E-state index in [9.17, 15) is 4.79 Å². The molecular formula is C13H13N5O. The number of rotatable bonds is 2. The average Bonchev–Trinajstić information content (AvgIpc) is 2.79. The third-order valence-electron chi connectivity index (χ3n) is 2.74. The summed E-state index contributed by atoms with van der Waals surface area (Å²) < 4.78 is 1.04. The molecule has 2 N–H and O–H groups in total. The van der Waals surface area contributed by atoms with Gasteiger partial charge in [-0.05, 0) is 12.1 Å². The number of benzene rings is 1. The van der Waals surface area contributed by atoms with E-state index in [0.29, 0.717) is 5.56 Å². The van der Waals surface area contributed by atoms with Crippen molar-refractivity contribution in [2.75, 3.05) is 24.7 Å². The van der Waals surface area contributed by atoms with Gasteiger partial charge in [0.2, 0.25) is 0 Å². The molecule has 0 spiro atoms. The van der Waals surface area contributed by atoms with Gasteiger partial charge in [0, 0.05) is 19.8 Å². The first-order chi connectivity index (χ1) is 9.06. The van der Waals surface area contributed by atoms with Gasteiger partial charge >= 0.3 is 0 Å². The average molecular weight is 255 g/mol. The van der Waals surface area contributed by atoms with Crippen molar-refractivity contribution >= 4 is 17.4 Å². The summed E-state index contributed by atoms with van der Waals surface area (Å²) in [6.45, 7) is 0. The van der Waals surface area contributed by atoms with Crippen LogP contribution in [0.15, 0.2) is 30.5 Å². The van der Waals surface area contributed by atoms with Crippen LogP contribution in [0.3, 0.4) is 0 Å². The molecule has 0 aliphatic heterocycles. The minimum atomic E-state index is -0.358. The molecule has 6 heteroatoms. The number of aromatic nitrogens is 2. The highest BCUT2D eigenvalue weighted by atomic mass is 16.2. The van der Waals surface area contributed by atoms with Crippen LogP contribution < -0.4 is 10.6 Å². The standard InChI is InChI=1S/C13H13N5O/c1-17(2)11-6-4-3-5-10(11)13(19)18-12(15)9(7-14)8-16-18/h3-6,8H,15H2,1-2H3. The van der Waals surface area contributed by atoms with E-state index in [1.807, 2.05) is 37.2 Å². The van der Waals surface area contributed by atoms with Gasteiger partial charge < -0.3 is 10.6 Å². The summed E-state index contributed by atoms with van der Waals surface area (Å²) >= 11 is 0. The Kier molecular flexibility index (Phi) is 3.21. The molecule has 0 aliphatic carbocycles. The Hall–Kier alpha value is -2.81. The Morgan fingerprint density at radius 2 is 2.11 bits per heavy atom. The molecule has 19 heavy (non-hydrogen) atoms. The fourth-order valence-corrected chi connectivity index (χ4v) is 1.76. The minimum Gasteiger partial charge on any atom is -0.382 e. The first-order valence-corrected chi connectivity index (χ1v) is 5.61. The largest absolute Gasteiger partial charge is 0.382 e. The van der Waals surface area contributed by atoms with Crippen LogP contribution in [0.4, 0.5) is 11.5 Å². The molecule has 96 valence electrons. The lowest BCUT2D eigenvalue weighted by Gasteiger charge is -2.16.